The number of nitrogens with zero attached hydrogens (tertiary/aromatic N) is 1. The monoisotopic (exact) mass is 562 g/mol. The molecule has 0 radical (unpaired) electrons. The topological polar surface area (TPSA) is 104 Å². The lowest BCUT2D eigenvalue weighted by atomic mass is 9.83. The number of carbonyl (C=O) groups excluding carboxylic acids is 1. The number of esters is 1. The summed E-state index contributed by atoms with van der Waals surface area (Å²) in [6.45, 7) is 2.00. The number of fused-ring (bicyclic) bond motifs is 1. The number of benzene rings is 4. The Bertz CT molecular complexity index is 1740. The minimum Gasteiger partial charge on any atom is -0.493 e. The summed E-state index contributed by atoms with van der Waals surface area (Å²) in [6, 6.07) is 26.4. The van der Waals surface area contributed by atoms with Crippen molar-refractivity contribution in [3.05, 3.63) is 136 Å². The molecule has 0 aromatic heterocycles. The number of rotatable bonds is 8. The van der Waals surface area contributed by atoms with Gasteiger partial charge in [-0.15, -0.1) is 0 Å². The highest BCUT2D eigenvalue weighted by molar-refractivity contribution is 5.88. The standard InChI is InChI=1S/C34H27FN2O5/c1-21-7-9-22(10-8-21)11-16-32(38)41-25-13-14-26-30(18-25)42-34(37)27(19-36)33(26)23-12-15-29(31(17-23)39-2)40-20-24-5-3-4-6-28(24)35/h3-18,33H,20,37H2,1-2H3/b16-11+. The quantitative estimate of drug-likeness (QED) is 0.147. The zero-order valence-corrected chi connectivity index (χ0v) is 23.0. The molecule has 0 spiro atoms. The van der Waals surface area contributed by atoms with Crippen LogP contribution >= 0.6 is 0 Å². The third kappa shape index (κ3) is 6.11. The van der Waals surface area contributed by atoms with Crippen LogP contribution in [0.5, 0.6) is 23.0 Å². The summed E-state index contributed by atoms with van der Waals surface area (Å²) in [5.74, 6) is -0.141. The first kappa shape index (κ1) is 28.0. The third-order valence-corrected chi connectivity index (χ3v) is 6.76. The maximum absolute atomic E-state index is 14.1. The van der Waals surface area contributed by atoms with Crippen molar-refractivity contribution < 1.29 is 28.1 Å². The van der Waals surface area contributed by atoms with E-state index in [1.165, 1.54) is 19.3 Å². The zero-order chi connectivity index (χ0) is 29.6. The molecule has 0 saturated carbocycles. The Morgan fingerprint density at radius 3 is 2.57 bits per heavy atom. The average Bonchev–Trinajstić information content (AvgIpc) is 2.99. The molecule has 0 amide bonds. The van der Waals surface area contributed by atoms with Gasteiger partial charge in [-0.3, -0.25) is 0 Å². The molecule has 1 aliphatic rings. The summed E-state index contributed by atoms with van der Waals surface area (Å²) < 4.78 is 36.7. The van der Waals surface area contributed by atoms with Gasteiger partial charge in [0.25, 0.3) is 0 Å². The number of hydrogen-bond donors (Lipinski definition) is 1. The van der Waals surface area contributed by atoms with Crippen molar-refractivity contribution in [2.24, 2.45) is 5.73 Å². The first-order valence-corrected chi connectivity index (χ1v) is 13.1. The Balaban J connectivity index is 1.39. The van der Waals surface area contributed by atoms with Crippen LogP contribution in [-0.4, -0.2) is 13.1 Å². The third-order valence-electron chi connectivity index (χ3n) is 6.76. The summed E-state index contributed by atoms with van der Waals surface area (Å²) in [4.78, 5) is 12.5. The Kier molecular flexibility index (Phi) is 8.21. The molecule has 1 atom stereocenters. The molecular formula is C34H27FN2O5. The summed E-state index contributed by atoms with van der Waals surface area (Å²) in [7, 11) is 1.50. The molecule has 0 fully saturated rings. The second-order valence-corrected chi connectivity index (χ2v) is 9.58. The normalized spacial score (nSPS) is 14.1. The van der Waals surface area contributed by atoms with Crippen molar-refractivity contribution in [3.63, 3.8) is 0 Å². The van der Waals surface area contributed by atoms with Crippen LogP contribution in [0.1, 0.15) is 33.7 Å². The molecule has 4 aromatic carbocycles. The fraction of sp³-hybridized carbons (Fsp3) is 0.118. The van der Waals surface area contributed by atoms with Gasteiger partial charge in [0.15, 0.2) is 11.5 Å². The lowest BCUT2D eigenvalue weighted by molar-refractivity contribution is -0.128. The number of methoxy groups -OCH3 is 1. The van der Waals surface area contributed by atoms with E-state index < -0.39 is 11.9 Å². The maximum atomic E-state index is 14.1. The summed E-state index contributed by atoms with van der Waals surface area (Å²) >= 11 is 0. The van der Waals surface area contributed by atoms with Gasteiger partial charge in [-0.05, 0) is 48.4 Å². The molecule has 1 unspecified atom stereocenters. The Morgan fingerprint density at radius 2 is 1.83 bits per heavy atom. The van der Waals surface area contributed by atoms with Gasteiger partial charge in [0.2, 0.25) is 5.88 Å². The Hall–Kier alpha value is -5.55. The number of allylic oxidation sites excluding steroid dienone is 1. The van der Waals surface area contributed by atoms with Crippen molar-refractivity contribution >= 4 is 12.0 Å². The second-order valence-electron chi connectivity index (χ2n) is 9.58. The molecule has 42 heavy (non-hydrogen) atoms. The van der Waals surface area contributed by atoms with Crippen LogP contribution in [0.15, 0.2) is 102 Å². The number of nitrogens with two attached hydrogens (primary N) is 1. The highest BCUT2D eigenvalue weighted by Crippen LogP contribution is 2.45. The Labute approximate surface area is 242 Å². The number of carbonyl (C=O) groups is 1. The molecular weight excluding hydrogens is 535 g/mol. The van der Waals surface area contributed by atoms with Gasteiger partial charge < -0.3 is 24.7 Å². The maximum Gasteiger partial charge on any atom is 0.336 e. The highest BCUT2D eigenvalue weighted by Gasteiger charge is 2.31. The molecule has 4 aromatic rings. The molecule has 8 heteroatoms. The highest BCUT2D eigenvalue weighted by atomic mass is 19.1. The SMILES string of the molecule is COc1cc(C2C(C#N)=C(N)Oc3cc(OC(=O)/C=C/c4ccc(C)cc4)ccc32)ccc1OCc1ccccc1F. The molecule has 1 heterocycles. The smallest absolute Gasteiger partial charge is 0.336 e. The van der Waals surface area contributed by atoms with E-state index in [2.05, 4.69) is 6.07 Å². The van der Waals surface area contributed by atoms with E-state index in [-0.39, 0.29) is 29.6 Å². The molecule has 0 aliphatic carbocycles. The first-order chi connectivity index (χ1) is 20.4. The second kappa shape index (κ2) is 12.3. The van der Waals surface area contributed by atoms with E-state index in [1.807, 2.05) is 31.2 Å². The zero-order valence-electron chi connectivity index (χ0n) is 23.0. The molecule has 1 aliphatic heterocycles. The van der Waals surface area contributed by atoms with Crippen LogP contribution in [0.2, 0.25) is 0 Å². The number of nitriles is 1. The van der Waals surface area contributed by atoms with Crippen molar-refractivity contribution in [2.75, 3.05) is 7.11 Å². The first-order valence-electron chi connectivity index (χ1n) is 13.1. The van der Waals surface area contributed by atoms with Gasteiger partial charge >= 0.3 is 5.97 Å². The van der Waals surface area contributed by atoms with Crippen molar-refractivity contribution in [3.8, 4) is 29.1 Å². The Morgan fingerprint density at radius 1 is 1.05 bits per heavy atom. The fourth-order valence-electron chi connectivity index (χ4n) is 4.59. The van der Waals surface area contributed by atoms with Crippen LogP contribution in [-0.2, 0) is 11.4 Å². The van der Waals surface area contributed by atoms with E-state index in [1.54, 1.807) is 60.7 Å². The van der Waals surface area contributed by atoms with Gasteiger partial charge in [0.05, 0.1) is 13.0 Å². The predicted octanol–water partition coefficient (Wildman–Crippen LogP) is 6.56. The molecule has 2 N–H and O–H groups in total. The number of aryl methyl sites for hydroxylation is 1. The lowest BCUT2D eigenvalue weighted by Crippen LogP contribution is -2.21. The average molecular weight is 563 g/mol. The van der Waals surface area contributed by atoms with E-state index in [4.69, 9.17) is 24.7 Å². The number of ether oxygens (including phenoxy) is 4. The van der Waals surface area contributed by atoms with Crippen LogP contribution in [0.4, 0.5) is 4.39 Å². The minimum absolute atomic E-state index is 0.0144. The molecule has 0 bridgehead atoms. The van der Waals surface area contributed by atoms with Crippen molar-refractivity contribution in [2.45, 2.75) is 19.4 Å². The molecule has 7 nitrogen and oxygen atoms in total. The van der Waals surface area contributed by atoms with Gasteiger partial charge in [-0.2, -0.15) is 5.26 Å². The lowest BCUT2D eigenvalue weighted by Gasteiger charge is -2.27. The molecule has 210 valence electrons. The van der Waals surface area contributed by atoms with Crippen molar-refractivity contribution in [1.82, 2.24) is 0 Å². The van der Waals surface area contributed by atoms with Gasteiger partial charge in [0, 0.05) is 23.3 Å². The van der Waals surface area contributed by atoms with Crippen molar-refractivity contribution in [1.29, 1.82) is 5.26 Å². The van der Waals surface area contributed by atoms with E-state index >= 15 is 0 Å². The number of halogens is 1. The molecule has 5 rings (SSSR count). The minimum atomic E-state index is -0.584. The van der Waals surface area contributed by atoms with Crippen LogP contribution in [0.25, 0.3) is 6.08 Å². The van der Waals surface area contributed by atoms with Gasteiger partial charge in [0.1, 0.15) is 35.6 Å². The largest absolute Gasteiger partial charge is 0.493 e. The fourth-order valence-corrected chi connectivity index (χ4v) is 4.59. The van der Waals surface area contributed by atoms with E-state index in [0.29, 0.717) is 33.9 Å². The van der Waals surface area contributed by atoms with E-state index in [0.717, 1.165) is 11.1 Å². The van der Waals surface area contributed by atoms with E-state index in [9.17, 15) is 14.4 Å². The van der Waals surface area contributed by atoms with Gasteiger partial charge in [-0.1, -0.05) is 60.2 Å². The molecule has 0 saturated heterocycles. The van der Waals surface area contributed by atoms with Crippen LogP contribution < -0.4 is 24.7 Å². The number of hydrogen-bond acceptors (Lipinski definition) is 7. The van der Waals surface area contributed by atoms with Crippen LogP contribution in [0, 0.1) is 24.1 Å². The van der Waals surface area contributed by atoms with Gasteiger partial charge in [-0.25, -0.2) is 9.18 Å². The predicted molar refractivity (Wildman–Crippen MR) is 155 cm³/mol. The summed E-state index contributed by atoms with van der Waals surface area (Å²) in [6.07, 6.45) is 3.02. The summed E-state index contributed by atoms with van der Waals surface area (Å²) in [5, 5.41) is 9.94. The summed E-state index contributed by atoms with van der Waals surface area (Å²) in [5.41, 5.74) is 10.1. The van der Waals surface area contributed by atoms with Crippen LogP contribution in [0.3, 0.4) is 0 Å².